The average molecular weight is 525 g/mol. The molecule has 1 aliphatic heterocycles. The fourth-order valence-corrected chi connectivity index (χ4v) is 4.27. The number of nitrogens with one attached hydrogen (secondary N) is 1. The van der Waals surface area contributed by atoms with Crippen LogP contribution in [0.25, 0.3) is 0 Å². The third-order valence-electron chi connectivity index (χ3n) is 6.15. The summed E-state index contributed by atoms with van der Waals surface area (Å²) in [5.41, 5.74) is 0.608. The van der Waals surface area contributed by atoms with Gasteiger partial charge in [0.2, 0.25) is 5.91 Å². The van der Waals surface area contributed by atoms with Crippen molar-refractivity contribution in [1.29, 1.82) is 0 Å². The topological polar surface area (TPSA) is 122 Å². The molecule has 1 amide bonds. The molecule has 1 fully saturated rings. The Morgan fingerprint density at radius 3 is 2.32 bits per heavy atom. The summed E-state index contributed by atoms with van der Waals surface area (Å²) in [5, 5.41) is 12.3. The Bertz CT molecular complexity index is 1130. The lowest BCUT2D eigenvalue weighted by Crippen LogP contribution is -2.54. The van der Waals surface area contributed by atoms with Gasteiger partial charge in [0.15, 0.2) is 5.78 Å². The highest BCUT2D eigenvalue weighted by Gasteiger charge is 2.37. The number of hydrogen-bond acceptors (Lipinski definition) is 7. The maximum Gasteiger partial charge on any atom is 0.326 e. The molecule has 0 saturated carbocycles. The normalized spacial score (nSPS) is 16.9. The van der Waals surface area contributed by atoms with E-state index in [1.807, 2.05) is 30.3 Å². The Balaban J connectivity index is 1.67. The first-order chi connectivity index (χ1) is 17.9. The van der Waals surface area contributed by atoms with E-state index in [1.165, 1.54) is 4.90 Å². The van der Waals surface area contributed by atoms with Gasteiger partial charge in [-0.05, 0) is 70.4 Å². The van der Waals surface area contributed by atoms with Crippen LogP contribution in [0.5, 0.6) is 5.75 Å². The number of rotatable bonds is 11. The van der Waals surface area contributed by atoms with E-state index in [2.05, 4.69) is 5.32 Å². The number of benzene rings is 2. The standard InChI is InChI=1S/C29H36N2O7/c1-19(26(33)31-16-8-11-24(31)27(34)35)30-23(28(36)38-29(2,3)4)17-25(32)21-12-14-22(15-13-21)37-18-20-9-6-5-7-10-20/h5-7,9-10,12-15,19,23-24,30H,8,11,16-18H2,1-4H3,(H,34,35)/t19-,23?,24-/m0/s1. The van der Waals surface area contributed by atoms with Gasteiger partial charge in [-0.2, -0.15) is 0 Å². The minimum absolute atomic E-state index is 0.237. The molecule has 9 nitrogen and oxygen atoms in total. The van der Waals surface area contributed by atoms with Gasteiger partial charge < -0.3 is 19.5 Å². The number of carboxylic acids is 1. The summed E-state index contributed by atoms with van der Waals surface area (Å²) in [6.07, 6.45) is 0.737. The van der Waals surface area contributed by atoms with Crippen LogP contribution >= 0.6 is 0 Å². The van der Waals surface area contributed by atoms with Crippen LogP contribution in [-0.4, -0.2) is 63.9 Å². The number of nitrogens with zero attached hydrogens (tertiary/aromatic N) is 1. The van der Waals surface area contributed by atoms with Gasteiger partial charge in [0.1, 0.15) is 30.0 Å². The highest BCUT2D eigenvalue weighted by Crippen LogP contribution is 2.20. The van der Waals surface area contributed by atoms with Crippen molar-refractivity contribution in [3.8, 4) is 5.75 Å². The van der Waals surface area contributed by atoms with Crippen molar-refractivity contribution < 1.29 is 33.8 Å². The number of aliphatic carboxylic acids is 1. The summed E-state index contributed by atoms with van der Waals surface area (Å²) in [5.74, 6) is -1.87. The van der Waals surface area contributed by atoms with Crippen molar-refractivity contribution in [3.63, 3.8) is 0 Å². The van der Waals surface area contributed by atoms with E-state index in [9.17, 15) is 24.3 Å². The molecule has 0 aromatic heterocycles. The molecule has 1 saturated heterocycles. The van der Waals surface area contributed by atoms with E-state index in [0.717, 1.165) is 5.56 Å². The molecule has 1 aliphatic rings. The number of esters is 1. The molecular formula is C29H36N2O7. The highest BCUT2D eigenvalue weighted by atomic mass is 16.6. The Hall–Kier alpha value is -3.72. The molecule has 3 atom stereocenters. The molecule has 2 aromatic carbocycles. The minimum Gasteiger partial charge on any atom is -0.489 e. The van der Waals surface area contributed by atoms with Gasteiger partial charge in [0.05, 0.1) is 6.04 Å². The monoisotopic (exact) mass is 524 g/mol. The minimum atomic E-state index is -1.10. The summed E-state index contributed by atoms with van der Waals surface area (Å²) >= 11 is 0. The van der Waals surface area contributed by atoms with Crippen LogP contribution in [0.3, 0.4) is 0 Å². The molecule has 2 N–H and O–H groups in total. The lowest BCUT2D eigenvalue weighted by Gasteiger charge is -2.29. The smallest absolute Gasteiger partial charge is 0.326 e. The van der Waals surface area contributed by atoms with Crippen LogP contribution in [0, 0.1) is 0 Å². The number of carbonyl (C=O) groups excluding carboxylic acids is 3. The zero-order chi connectivity index (χ0) is 27.9. The molecule has 3 rings (SSSR count). The van der Waals surface area contributed by atoms with Crippen LogP contribution in [0.15, 0.2) is 54.6 Å². The largest absolute Gasteiger partial charge is 0.489 e. The van der Waals surface area contributed by atoms with Crippen LogP contribution in [-0.2, 0) is 25.7 Å². The van der Waals surface area contributed by atoms with Gasteiger partial charge in [-0.25, -0.2) is 4.79 Å². The molecule has 1 unspecified atom stereocenters. The van der Waals surface area contributed by atoms with E-state index < -0.39 is 41.6 Å². The molecule has 0 radical (unpaired) electrons. The molecule has 0 aliphatic carbocycles. The van der Waals surface area contributed by atoms with E-state index in [0.29, 0.717) is 37.3 Å². The molecule has 0 spiro atoms. The van der Waals surface area contributed by atoms with Crippen molar-refractivity contribution in [2.45, 2.75) is 77.3 Å². The van der Waals surface area contributed by atoms with E-state index in [-0.39, 0.29) is 12.2 Å². The Morgan fingerprint density at radius 1 is 1.05 bits per heavy atom. The average Bonchev–Trinajstić information content (AvgIpc) is 3.37. The first-order valence-electron chi connectivity index (χ1n) is 12.8. The van der Waals surface area contributed by atoms with Gasteiger partial charge in [0, 0.05) is 18.5 Å². The molecule has 9 heteroatoms. The summed E-state index contributed by atoms with van der Waals surface area (Å²) in [6.45, 7) is 7.43. The van der Waals surface area contributed by atoms with Crippen molar-refractivity contribution in [2.75, 3.05) is 6.54 Å². The number of ether oxygens (including phenoxy) is 2. The number of carboxylic acid groups (broad SMARTS) is 1. The summed E-state index contributed by atoms with van der Waals surface area (Å²) in [6, 6.07) is 13.5. The van der Waals surface area contributed by atoms with Gasteiger partial charge in [-0.3, -0.25) is 19.7 Å². The fourth-order valence-electron chi connectivity index (χ4n) is 4.27. The molecular weight excluding hydrogens is 488 g/mol. The van der Waals surface area contributed by atoms with Crippen molar-refractivity contribution >= 4 is 23.6 Å². The van der Waals surface area contributed by atoms with Crippen molar-refractivity contribution in [1.82, 2.24) is 10.2 Å². The van der Waals surface area contributed by atoms with E-state index >= 15 is 0 Å². The zero-order valence-electron chi connectivity index (χ0n) is 22.3. The van der Waals surface area contributed by atoms with E-state index in [4.69, 9.17) is 9.47 Å². The number of hydrogen-bond donors (Lipinski definition) is 2. The third kappa shape index (κ3) is 8.14. The zero-order valence-corrected chi connectivity index (χ0v) is 22.3. The van der Waals surface area contributed by atoms with Gasteiger partial charge in [0.25, 0.3) is 0 Å². The first kappa shape index (κ1) is 28.8. The predicted octanol–water partition coefficient (Wildman–Crippen LogP) is 3.60. The molecule has 2 aromatic rings. The lowest BCUT2D eigenvalue weighted by atomic mass is 10.0. The second-order valence-corrected chi connectivity index (χ2v) is 10.4. The van der Waals surface area contributed by atoms with Crippen molar-refractivity contribution in [2.24, 2.45) is 0 Å². The number of amides is 1. The van der Waals surface area contributed by atoms with Crippen LogP contribution < -0.4 is 10.1 Å². The summed E-state index contributed by atoms with van der Waals surface area (Å²) < 4.78 is 11.3. The number of ketones is 1. The molecule has 204 valence electrons. The van der Waals surface area contributed by atoms with Crippen LogP contribution in [0.2, 0.25) is 0 Å². The van der Waals surface area contributed by atoms with Crippen LogP contribution in [0.1, 0.15) is 62.9 Å². The Morgan fingerprint density at radius 2 is 1.71 bits per heavy atom. The van der Waals surface area contributed by atoms with Gasteiger partial charge in [-0.1, -0.05) is 30.3 Å². The fraction of sp³-hybridized carbons (Fsp3) is 0.448. The summed E-state index contributed by atoms with van der Waals surface area (Å²) in [4.78, 5) is 51.9. The number of carbonyl (C=O) groups is 4. The molecule has 38 heavy (non-hydrogen) atoms. The van der Waals surface area contributed by atoms with Crippen molar-refractivity contribution in [3.05, 3.63) is 65.7 Å². The Labute approximate surface area is 223 Å². The van der Waals surface area contributed by atoms with Crippen LogP contribution in [0.4, 0.5) is 0 Å². The Kier molecular flexibility index (Phi) is 9.63. The third-order valence-corrected chi connectivity index (χ3v) is 6.15. The number of Topliss-reactive ketones (excluding diaryl/α,β-unsaturated/α-hetero) is 1. The lowest BCUT2D eigenvalue weighted by molar-refractivity contribution is -0.158. The maximum absolute atomic E-state index is 13.1. The SMILES string of the molecule is C[C@H](NC(CC(=O)c1ccc(OCc2ccccc2)cc1)C(=O)OC(C)(C)C)C(=O)N1CCC[C@H]1C(=O)O. The second kappa shape index (κ2) is 12.7. The van der Waals surface area contributed by atoms with Gasteiger partial charge in [-0.15, -0.1) is 0 Å². The molecule has 0 bridgehead atoms. The maximum atomic E-state index is 13.1. The highest BCUT2D eigenvalue weighted by molar-refractivity contribution is 5.99. The first-order valence-corrected chi connectivity index (χ1v) is 12.8. The predicted molar refractivity (Wildman–Crippen MR) is 141 cm³/mol. The van der Waals surface area contributed by atoms with Gasteiger partial charge >= 0.3 is 11.9 Å². The van der Waals surface area contributed by atoms with E-state index in [1.54, 1.807) is 52.0 Å². The summed E-state index contributed by atoms with van der Waals surface area (Å²) in [7, 11) is 0. The molecule has 1 heterocycles. The second-order valence-electron chi connectivity index (χ2n) is 10.4. The number of likely N-dealkylation sites (tertiary alicyclic amines) is 1. The quantitative estimate of drug-likeness (QED) is 0.338.